The first kappa shape index (κ1) is 18.1. The van der Waals surface area contributed by atoms with Crippen molar-refractivity contribution in [3.63, 3.8) is 0 Å². The molecule has 136 valence electrons. The van der Waals surface area contributed by atoms with Crippen LogP contribution in [0, 0.1) is 0 Å². The van der Waals surface area contributed by atoms with E-state index in [4.69, 9.17) is 11.6 Å². The lowest BCUT2D eigenvalue weighted by Crippen LogP contribution is -2.44. The first-order valence-electron chi connectivity index (χ1n) is 8.67. The van der Waals surface area contributed by atoms with E-state index in [2.05, 4.69) is 13.3 Å². The summed E-state index contributed by atoms with van der Waals surface area (Å²) in [6, 6.07) is 13.2. The second-order valence-corrected chi connectivity index (χ2v) is 9.44. The molecule has 3 atom stereocenters. The van der Waals surface area contributed by atoms with Crippen molar-refractivity contribution in [1.29, 1.82) is 0 Å². The van der Waals surface area contributed by atoms with Crippen LogP contribution in [0.1, 0.15) is 18.4 Å². The van der Waals surface area contributed by atoms with Gasteiger partial charge in [0.05, 0.1) is 8.44 Å². The van der Waals surface area contributed by atoms with Crippen molar-refractivity contribution in [2.24, 2.45) is 0 Å². The fraction of sp³-hybridized carbons (Fsp3) is 0.316. The molecule has 0 spiro atoms. The first-order chi connectivity index (χ1) is 12.5. The summed E-state index contributed by atoms with van der Waals surface area (Å²) in [4.78, 5) is 17.9. The molecule has 1 saturated heterocycles. The zero-order valence-corrected chi connectivity index (χ0v) is 17.0. The fourth-order valence-corrected chi connectivity index (χ4v) is 4.96. The third kappa shape index (κ3) is 3.34. The van der Waals surface area contributed by atoms with Gasteiger partial charge in [0.1, 0.15) is 6.04 Å². The number of amides is 1. The quantitative estimate of drug-likeness (QED) is 0.575. The Balaban J connectivity index is 1.57. The molecule has 0 N–H and O–H groups in total. The largest absolute Gasteiger partial charge is 0.610 e. The van der Waals surface area contributed by atoms with E-state index < -0.39 is 10.8 Å². The maximum absolute atomic E-state index is 13.1. The van der Waals surface area contributed by atoms with Gasteiger partial charge in [-0.15, -0.1) is 0 Å². The Labute approximate surface area is 163 Å². The van der Waals surface area contributed by atoms with Crippen molar-refractivity contribution >= 4 is 48.1 Å². The van der Waals surface area contributed by atoms with Gasteiger partial charge < -0.3 is 14.4 Å². The molecule has 4 rings (SSSR count). The van der Waals surface area contributed by atoms with Gasteiger partial charge in [-0.1, -0.05) is 11.6 Å². The number of fused-ring (bicyclic) bond motifs is 1. The summed E-state index contributed by atoms with van der Waals surface area (Å²) in [7, 11) is 1.19. The zero-order chi connectivity index (χ0) is 18.3. The molecular formula is C19H20ClN2O2PS. The van der Waals surface area contributed by atoms with E-state index in [9.17, 15) is 9.35 Å². The van der Waals surface area contributed by atoms with Crippen LogP contribution >= 0.6 is 20.0 Å². The molecule has 0 aromatic heterocycles. The van der Waals surface area contributed by atoms with Gasteiger partial charge in [0, 0.05) is 29.5 Å². The van der Waals surface area contributed by atoms with Crippen LogP contribution in [-0.4, -0.2) is 29.6 Å². The second-order valence-electron chi connectivity index (χ2n) is 6.66. The lowest BCUT2D eigenvalue weighted by atomic mass is 9.99. The number of aryl methyl sites for hydroxylation is 1. The number of benzene rings is 2. The SMILES string of the molecule is O=C1[C@@H](N2CCCc3cc(Cl)ccc32)CCN1c1ccc([S+]([O-])P)cc1. The number of hydrogen-bond donors (Lipinski definition) is 0. The number of anilines is 2. The summed E-state index contributed by atoms with van der Waals surface area (Å²) in [5.74, 6) is 0.132. The lowest BCUT2D eigenvalue weighted by molar-refractivity contribution is -0.118. The van der Waals surface area contributed by atoms with Crippen LogP contribution < -0.4 is 9.80 Å². The van der Waals surface area contributed by atoms with E-state index in [-0.39, 0.29) is 11.9 Å². The van der Waals surface area contributed by atoms with Gasteiger partial charge in [-0.25, -0.2) is 0 Å². The Bertz CT molecular complexity index is 831. The van der Waals surface area contributed by atoms with Crippen molar-refractivity contribution in [1.82, 2.24) is 0 Å². The Morgan fingerprint density at radius 3 is 2.65 bits per heavy atom. The predicted octanol–water partition coefficient (Wildman–Crippen LogP) is 3.80. The maximum atomic E-state index is 13.1. The molecule has 26 heavy (non-hydrogen) atoms. The van der Waals surface area contributed by atoms with Crippen molar-refractivity contribution in [2.75, 3.05) is 22.9 Å². The van der Waals surface area contributed by atoms with Gasteiger partial charge in [-0.05, 0) is 78.1 Å². The smallest absolute Gasteiger partial charge is 0.249 e. The standard InChI is InChI=1S/C19H20ClN2O2PS/c20-14-3-8-17-13(12-14)2-1-10-22(17)18-9-11-21(19(18)23)15-4-6-16(7-5-15)26(24)25/h3-8,12,18H,1-2,9-11,25H2/t18-,26?/m0/s1. The number of hydrogen-bond acceptors (Lipinski definition) is 3. The monoisotopic (exact) mass is 406 g/mol. The normalized spacial score (nSPS) is 21.0. The lowest BCUT2D eigenvalue weighted by Gasteiger charge is -2.35. The van der Waals surface area contributed by atoms with Gasteiger partial charge in [0.25, 0.3) is 0 Å². The van der Waals surface area contributed by atoms with Crippen LogP contribution in [0.4, 0.5) is 11.4 Å². The highest BCUT2D eigenvalue weighted by Crippen LogP contribution is 2.35. The van der Waals surface area contributed by atoms with Crippen molar-refractivity contribution in [3.05, 3.63) is 53.1 Å². The van der Waals surface area contributed by atoms with Gasteiger partial charge in [-0.2, -0.15) is 0 Å². The highest BCUT2D eigenvalue weighted by atomic mass is 35.5. The summed E-state index contributed by atoms with van der Waals surface area (Å²) in [5.41, 5.74) is 3.22. The molecule has 1 fully saturated rings. The van der Waals surface area contributed by atoms with E-state index in [1.807, 2.05) is 47.4 Å². The van der Waals surface area contributed by atoms with Crippen LogP contribution in [-0.2, 0) is 22.0 Å². The van der Waals surface area contributed by atoms with Crippen molar-refractivity contribution in [2.45, 2.75) is 30.2 Å². The molecule has 4 nitrogen and oxygen atoms in total. The summed E-state index contributed by atoms with van der Waals surface area (Å²) < 4.78 is 11.5. The predicted molar refractivity (Wildman–Crippen MR) is 110 cm³/mol. The van der Waals surface area contributed by atoms with E-state index in [0.29, 0.717) is 6.54 Å². The topological polar surface area (TPSA) is 46.6 Å². The molecular weight excluding hydrogens is 387 g/mol. The number of carbonyl (C=O) groups excluding carboxylic acids is 1. The molecule has 2 aromatic carbocycles. The highest BCUT2D eigenvalue weighted by Gasteiger charge is 2.38. The summed E-state index contributed by atoms with van der Waals surface area (Å²) in [6.45, 7) is 1.59. The molecule has 0 radical (unpaired) electrons. The van der Waals surface area contributed by atoms with Gasteiger partial charge in [0.2, 0.25) is 5.91 Å². The minimum Gasteiger partial charge on any atom is -0.610 e. The average molecular weight is 407 g/mol. The first-order valence-corrected chi connectivity index (χ1v) is 11.7. The number of halogens is 1. The minimum absolute atomic E-state index is 0.132. The van der Waals surface area contributed by atoms with Crippen LogP contribution in [0.2, 0.25) is 5.02 Å². The Morgan fingerprint density at radius 2 is 1.92 bits per heavy atom. The van der Waals surface area contributed by atoms with E-state index in [1.54, 1.807) is 0 Å². The summed E-state index contributed by atoms with van der Waals surface area (Å²) in [6.07, 6.45) is 2.84. The van der Waals surface area contributed by atoms with Crippen LogP contribution in [0.5, 0.6) is 0 Å². The third-order valence-electron chi connectivity index (χ3n) is 5.13. The van der Waals surface area contributed by atoms with Gasteiger partial charge in [-0.3, -0.25) is 4.79 Å². The van der Waals surface area contributed by atoms with Gasteiger partial charge in [0.15, 0.2) is 4.90 Å². The zero-order valence-electron chi connectivity index (χ0n) is 14.2. The molecule has 0 aliphatic carbocycles. The Hall–Kier alpha value is -1.26. The van der Waals surface area contributed by atoms with E-state index in [1.165, 1.54) is 5.56 Å². The number of rotatable bonds is 3. The maximum Gasteiger partial charge on any atom is 0.249 e. The average Bonchev–Trinajstić information content (AvgIpc) is 3.02. The Kier molecular flexibility index (Phi) is 5.15. The molecule has 2 unspecified atom stereocenters. The van der Waals surface area contributed by atoms with Crippen molar-refractivity contribution < 1.29 is 9.35 Å². The molecule has 0 saturated carbocycles. The number of carbonyl (C=O) groups is 1. The van der Waals surface area contributed by atoms with Gasteiger partial charge >= 0.3 is 0 Å². The highest BCUT2D eigenvalue weighted by molar-refractivity contribution is 8.37. The Morgan fingerprint density at radius 1 is 1.15 bits per heavy atom. The van der Waals surface area contributed by atoms with Crippen molar-refractivity contribution in [3.8, 4) is 0 Å². The summed E-state index contributed by atoms with van der Waals surface area (Å²) in [5, 5.41) is 0.747. The van der Waals surface area contributed by atoms with Crippen LogP contribution in [0.15, 0.2) is 47.4 Å². The second kappa shape index (κ2) is 7.40. The molecule has 2 aliphatic heterocycles. The van der Waals surface area contributed by atoms with Crippen LogP contribution in [0.25, 0.3) is 0 Å². The molecule has 2 heterocycles. The van der Waals surface area contributed by atoms with E-state index >= 15 is 0 Å². The molecule has 1 amide bonds. The van der Waals surface area contributed by atoms with Crippen LogP contribution in [0.3, 0.4) is 0 Å². The third-order valence-corrected chi connectivity index (χ3v) is 6.92. The molecule has 7 heteroatoms. The van der Waals surface area contributed by atoms with E-state index in [0.717, 1.165) is 47.1 Å². The number of nitrogens with zero attached hydrogens (tertiary/aromatic N) is 2. The molecule has 2 aliphatic rings. The molecule has 0 bridgehead atoms. The summed E-state index contributed by atoms with van der Waals surface area (Å²) >= 11 is 6.13. The molecule has 2 aromatic rings. The minimum atomic E-state index is -1.09. The fourth-order valence-electron chi connectivity index (χ4n) is 3.89.